The maximum absolute atomic E-state index is 12.1. The summed E-state index contributed by atoms with van der Waals surface area (Å²) >= 11 is 3.39. The van der Waals surface area contributed by atoms with E-state index in [1.807, 2.05) is 24.3 Å². The van der Waals surface area contributed by atoms with E-state index in [9.17, 15) is 9.90 Å². The smallest absolute Gasteiger partial charge is 0.230 e. The number of nitrogens with one attached hydrogen (secondary N) is 1. The Morgan fingerprint density at radius 1 is 1.47 bits per heavy atom. The number of hydrogen-bond donors (Lipinski definition) is 2. The van der Waals surface area contributed by atoms with Gasteiger partial charge in [0.05, 0.1) is 11.5 Å². The van der Waals surface area contributed by atoms with Crippen LogP contribution in [0.3, 0.4) is 0 Å². The van der Waals surface area contributed by atoms with Crippen molar-refractivity contribution in [3.63, 3.8) is 0 Å². The second-order valence-corrected chi connectivity index (χ2v) is 5.56. The number of halogens is 1. The van der Waals surface area contributed by atoms with Crippen LogP contribution in [0.5, 0.6) is 0 Å². The molecule has 0 heterocycles. The molecule has 1 atom stereocenters. The summed E-state index contributed by atoms with van der Waals surface area (Å²) in [6.45, 7) is 1.98. The van der Waals surface area contributed by atoms with Crippen LogP contribution < -0.4 is 5.32 Å². The first-order chi connectivity index (χ1) is 8.04. The predicted octanol–water partition coefficient (Wildman–Crippen LogP) is 1.98. The molecule has 0 saturated heterocycles. The van der Waals surface area contributed by atoms with Crippen LogP contribution >= 0.6 is 15.9 Å². The number of hydrogen-bond acceptors (Lipinski definition) is 2. The molecule has 17 heavy (non-hydrogen) atoms. The monoisotopic (exact) mass is 297 g/mol. The average Bonchev–Trinajstić information content (AvgIpc) is 3.08. The number of aliphatic hydroxyl groups excluding tert-OH is 1. The highest BCUT2D eigenvalue weighted by Gasteiger charge is 2.51. The van der Waals surface area contributed by atoms with E-state index in [0.717, 1.165) is 22.9 Å². The summed E-state index contributed by atoms with van der Waals surface area (Å²) < 4.78 is 1.02. The zero-order valence-corrected chi connectivity index (χ0v) is 11.3. The average molecular weight is 298 g/mol. The summed E-state index contributed by atoms with van der Waals surface area (Å²) in [5.41, 5.74) is 0.707. The van der Waals surface area contributed by atoms with E-state index in [0.29, 0.717) is 6.54 Å². The van der Waals surface area contributed by atoms with Crippen LogP contribution in [0.2, 0.25) is 0 Å². The van der Waals surface area contributed by atoms with Gasteiger partial charge >= 0.3 is 0 Å². The highest BCUT2D eigenvalue weighted by Crippen LogP contribution is 2.48. The third-order valence-corrected chi connectivity index (χ3v) is 3.67. The van der Waals surface area contributed by atoms with E-state index in [1.165, 1.54) is 0 Å². The maximum atomic E-state index is 12.1. The number of benzene rings is 1. The molecular formula is C13H16BrNO2. The van der Waals surface area contributed by atoms with Crippen molar-refractivity contribution < 1.29 is 9.90 Å². The van der Waals surface area contributed by atoms with Gasteiger partial charge in [0.25, 0.3) is 0 Å². The van der Waals surface area contributed by atoms with Crippen molar-refractivity contribution in [1.29, 1.82) is 0 Å². The highest BCUT2D eigenvalue weighted by molar-refractivity contribution is 9.10. The Bertz CT molecular complexity index is 410. The minimum Gasteiger partial charge on any atom is -0.392 e. The summed E-state index contributed by atoms with van der Waals surface area (Å²) in [6.07, 6.45) is 1.28. The predicted molar refractivity (Wildman–Crippen MR) is 69.7 cm³/mol. The van der Waals surface area contributed by atoms with Gasteiger partial charge in [-0.25, -0.2) is 0 Å². The summed E-state index contributed by atoms with van der Waals surface area (Å²) in [5.74, 6) is 0.0284. The lowest BCUT2D eigenvalue weighted by molar-refractivity contribution is -0.124. The molecule has 0 aromatic heterocycles. The number of rotatable bonds is 4. The summed E-state index contributed by atoms with van der Waals surface area (Å²) in [5, 5.41) is 12.0. The number of amides is 1. The Labute approximate surface area is 109 Å². The van der Waals surface area contributed by atoms with Gasteiger partial charge < -0.3 is 10.4 Å². The number of carbonyl (C=O) groups is 1. The largest absolute Gasteiger partial charge is 0.392 e. The van der Waals surface area contributed by atoms with Crippen molar-refractivity contribution in [2.24, 2.45) is 0 Å². The van der Waals surface area contributed by atoms with E-state index < -0.39 is 6.10 Å². The normalized spacial score (nSPS) is 18.5. The van der Waals surface area contributed by atoms with Gasteiger partial charge in [0.15, 0.2) is 0 Å². The number of carbonyl (C=O) groups excluding carboxylic acids is 1. The molecule has 2 rings (SSSR count). The lowest BCUT2D eigenvalue weighted by atomic mass is 9.95. The second-order valence-electron chi connectivity index (χ2n) is 4.65. The van der Waals surface area contributed by atoms with Gasteiger partial charge in [-0.1, -0.05) is 28.1 Å². The molecule has 1 aromatic carbocycles. The van der Waals surface area contributed by atoms with Gasteiger partial charge in [-0.05, 0) is 37.5 Å². The van der Waals surface area contributed by atoms with Gasteiger partial charge in [-0.2, -0.15) is 0 Å². The standard InChI is InChI=1S/C13H16BrNO2/c1-9(16)8-15-12(17)13(6-7-13)10-2-4-11(14)5-3-10/h2-5,9,16H,6-8H2,1H3,(H,15,17)/t9-/m0/s1. The van der Waals surface area contributed by atoms with Crippen molar-refractivity contribution in [3.05, 3.63) is 34.3 Å². The summed E-state index contributed by atoms with van der Waals surface area (Å²) in [6, 6.07) is 7.88. The van der Waals surface area contributed by atoms with Gasteiger partial charge in [-0.15, -0.1) is 0 Å². The molecule has 1 aromatic rings. The van der Waals surface area contributed by atoms with E-state index >= 15 is 0 Å². The molecule has 1 aliphatic carbocycles. The van der Waals surface area contributed by atoms with Crippen LogP contribution in [0.15, 0.2) is 28.7 Å². The molecule has 3 nitrogen and oxygen atoms in total. The Hall–Kier alpha value is -0.870. The topological polar surface area (TPSA) is 49.3 Å². The minimum absolute atomic E-state index is 0.0284. The van der Waals surface area contributed by atoms with E-state index in [2.05, 4.69) is 21.2 Å². The molecule has 0 unspecified atom stereocenters. The lowest BCUT2D eigenvalue weighted by Gasteiger charge is -2.16. The van der Waals surface area contributed by atoms with Crippen LogP contribution in [0.25, 0.3) is 0 Å². The molecule has 0 bridgehead atoms. The molecule has 0 spiro atoms. The van der Waals surface area contributed by atoms with Gasteiger partial charge in [0.1, 0.15) is 0 Å². The van der Waals surface area contributed by atoms with Crippen LogP contribution in [0.4, 0.5) is 0 Å². The zero-order valence-electron chi connectivity index (χ0n) is 9.74. The van der Waals surface area contributed by atoms with Crippen LogP contribution in [-0.2, 0) is 10.2 Å². The first kappa shape index (κ1) is 12.6. The fourth-order valence-electron chi connectivity index (χ4n) is 1.95. The van der Waals surface area contributed by atoms with E-state index in [1.54, 1.807) is 6.92 Å². The lowest BCUT2D eigenvalue weighted by Crippen LogP contribution is -2.38. The first-order valence-corrected chi connectivity index (χ1v) is 6.56. The maximum Gasteiger partial charge on any atom is 0.230 e. The van der Waals surface area contributed by atoms with Gasteiger partial charge in [-0.3, -0.25) is 4.79 Å². The SMILES string of the molecule is C[C@H](O)CNC(=O)C1(c2ccc(Br)cc2)CC1. The van der Waals surface area contributed by atoms with E-state index in [-0.39, 0.29) is 11.3 Å². The number of aliphatic hydroxyl groups is 1. The molecule has 1 aliphatic rings. The quantitative estimate of drug-likeness (QED) is 0.893. The van der Waals surface area contributed by atoms with Crippen molar-refractivity contribution in [2.45, 2.75) is 31.3 Å². The molecule has 0 radical (unpaired) electrons. The van der Waals surface area contributed by atoms with E-state index in [4.69, 9.17) is 0 Å². The Kier molecular flexibility index (Phi) is 3.54. The third-order valence-electron chi connectivity index (χ3n) is 3.14. The Morgan fingerprint density at radius 2 is 2.06 bits per heavy atom. The Morgan fingerprint density at radius 3 is 2.53 bits per heavy atom. The molecule has 1 fully saturated rings. The fourth-order valence-corrected chi connectivity index (χ4v) is 2.21. The summed E-state index contributed by atoms with van der Waals surface area (Å²) in [4.78, 5) is 12.1. The zero-order chi connectivity index (χ0) is 12.5. The molecule has 2 N–H and O–H groups in total. The van der Waals surface area contributed by atoms with Crippen LogP contribution in [0.1, 0.15) is 25.3 Å². The minimum atomic E-state index is -0.500. The van der Waals surface area contributed by atoms with Gasteiger partial charge in [0, 0.05) is 11.0 Å². The molecule has 1 saturated carbocycles. The van der Waals surface area contributed by atoms with Crippen molar-refractivity contribution in [1.82, 2.24) is 5.32 Å². The molecule has 92 valence electrons. The Balaban J connectivity index is 2.08. The summed E-state index contributed by atoms with van der Waals surface area (Å²) in [7, 11) is 0. The van der Waals surface area contributed by atoms with Crippen molar-refractivity contribution >= 4 is 21.8 Å². The van der Waals surface area contributed by atoms with Crippen molar-refractivity contribution in [3.8, 4) is 0 Å². The van der Waals surface area contributed by atoms with Crippen LogP contribution in [-0.4, -0.2) is 23.7 Å². The highest BCUT2D eigenvalue weighted by atomic mass is 79.9. The van der Waals surface area contributed by atoms with Crippen molar-refractivity contribution in [2.75, 3.05) is 6.54 Å². The second kappa shape index (κ2) is 4.78. The first-order valence-electron chi connectivity index (χ1n) is 5.77. The van der Waals surface area contributed by atoms with Gasteiger partial charge in [0.2, 0.25) is 5.91 Å². The molecular weight excluding hydrogens is 282 g/mol. The molecule has 0 aliphatic heterocycles. The molecule has 4 heteroatoms. The molecule has 1 amide bonds. The fraction of sp³-hybridized carbons (Fsp3) is 0.462. The van der Waals surface area contributed by atoms with Crippen LogP contribution in [0, 0.1) is 0 Å². The third kappa shape index (κ3) is 2.69.